The molecule has 4 aromatic heterocycles. The van der Waals surface area contributed by atoms with Crippen molar-refractivity contribution in [1.82, 2.24) is 0 Å². The molecule has 2 aliphatic carbocycles. The molecule has 3 aliphatic rings. The van der Waals surface area contributed by atoms with Gasteiger partial charge in [-0.25, -0.2) is 0 Å². The van der Waals surface area contributed by atoms with Gasteiger partial charge in [0.2, 0.25) is 0 Å². The number of hydrogen-bond acceptors (Lipinski definition) is 4. The molecule has 2 spiro atoms. The van der Waals surface area contributed by atoms with E-state index in [0.717, 1.165) is 71.8 Å². The molecule has 4 aromatic rings. The van der Waals surface area contributed by atoms with E-state index in [1.54, 1.807) is 0 Å². The first-order valence-corrected chi connectivity index (χ1v) is 14.7. The Morgan fingerprint density at radius 3 is 0.868 bits per heavy atom. The maximum atomic E-state index is 6.80. The molecule has 0 saturated heterocycles. The van der Waals surface area contributed by atoms with Crippen LogP contribution >= 0.6 is 0 Å². The van der Waals surface area contributed by atoms with E-state index in [-0.39, 0.29) is 10.8 Å². The predicted molar refractivity (Wildman–Crippen MR) is 147 cm³/mol. The van der Waals surface area contributed by atoms with Crippen molar-refractivity contribution in [3.05, 3.63) is 94.6 Å². The number of rotatable bonds is 0. The molecule has 2 fully saturated rings. The van der Waals surface area contributed by atoms with Crippen LogP contribution in [0.3, 0.4) is 0 Å². The average Bonchev–Trinajstić information content (AvgIpc) is 3.75. The van der Waals surface area contributed by atoms with Crippen LogP contribution in [0.15, 0.2) is 66.2 Å². The molecule has 0 unspecified atom stereocenters. The molecule has 2 saturated carbocycles. The third-order valence-electron chi connectivity index (χ3n) is 10.2. The Labute approximate surface area is 225 Å². The molecule has 0 atom stereocenters. The molecule has 0 amide bonds. The summed E-state index contributed by atoms with van der Waals surface area (Å²) in [6.07, 6.45) is 11.3. The van der Waals surface area contributed by atoms with Gasteiger partial charge in [-0.2, -0.15) is 0 Å². The second-order valence-corrected chi connectivity index (χ2v) is 13.2. The van der Waals surface area contributed by atoms with Gasteiger partial charge in [0, 0.05) is 0 Å². The summed E-state index contributed by atoms with van der Waals surface area (Å²) in [6.45, 7) is 8.84. The summed E-state index contributed by atoms with van der Waals surface area (Å²) < 4.78 is 27.2. The summed E-state index contributed by atoms with van der Waals surface area (Å²) in [5.41, 5.74) is -1.28. The molecule has 1 aliphatic heterocycles. The van der Waals surface area contributed by atoms with E-state index in [1.165, 1.54) is 38.5 Å². The van der Waals surface area contributed by atoms with Crippen molar-refractivity contribution in [2.24, 2.45) is 0 Å². The van der Waals surface area contributed by atoms with Crippen molar-refractivity contribution in [3.63, 3.8) is 0 Å². The molecule has 4 heteroatoms. The minimum atomic E-state index is -0.399. The van der Waals surface area contributed by atoms with Gasteiger partial charge < -0.3 is 17.7 Å². The van der Waals surface area contributed by atoms with Crippen LogP contribution in [0.25, 0.3) is 0 Å². The molecule has 38 heavy (non-hydrogen) atoms. The van der Waals surface area contributed by atoms with Crippen LogP contribution in [-0.2, 0) is 21.7 Å². The van der Waals surface area contributed by atoms with E-state index >= 15 is 0 Å². The zero-order chi connectivity index (χ0) is 26.2. The van der Waals surface area contributed by atoms with E-state index < -0.39 is 10.8 Å². The quantitative estimate of drug-likeness (QED) is 0.235. The lowest BCUT2D eigenvalue weighted by Crippen LogP contribution is -2.30. The summed E-state index contributed by atoms with van der Waals surface area (Å²) in [5.74, 6) is 7.82. The number of fused-ring (bicyclic) bond motifs is 12. The maximum absolute atomic E-state index is 6.80. The Morgan fingerprint density at radius 1 is 0.368 bits per heavy atom. The van der Waals surface area contributed by atoms with E-state index in [1.807, 2.05) is 0 Å². The highest BCUT2D eigenvalue weighted by molar-refractivity contribution is 5.39. The van der Waals surface area contributed by atoms with Crippen LogP contribution in [0.5, 0.6) is 0 Å². The predicted octanol–water partition coefficient (Wildman–Crippen LogP) is 9.52. The molecular weight excluding hydrogens is 472 g/mol. The molecule has 5 heterocycles. The average molecular weight is 513 g/mol. The Hall–Kier alpha value is -2.88. The largest absolute Gasteiger partial charge is 0.464 e. The zero-order valence-corrected chi connectivity index (χ0v) is 23.3. The fraction of sp³-hybridized carbons (Fsp3) is 0.529. The summed E-state index contributed by atoms with van der Waals surface area (Å²) >= 11 is 0. The van der Waals surface area contributed by atoms with Crippen LogP contribution < -0.4 is 0 Å². The van der Waals surface area contributed by atoms with Crippen LogP contribution in [0.4, 0.5) is 0 Å². The molecule has 0 radical (unpaired) electrons. The van der Waals surface area contributed by atoms with E-state index in [9.17, 15) is 0 Å². The second-order valence-electron chi connectivity index (χ2n) is 13.2. The summed E-state index contributed by atoms with van der Waals surface area (Å²) in [4.78, 5) is 0. The highest BCUT2D eigenvalue weighted by Gasteiger charge is 2.46. The molecule has 0 aromatic carbocycles. The number of hydrogen-bond donors (Lipinski definition) is 0. The Bertz CT molecular complexity index is 1240. The molecule has 4 nitrogen and oxygen atoms in total. The minimum Gasteiger partial charge on any atom is -0.464 e. The smallest absolute Gasteiger partial charge is 0.117 e. The second kappa shape index (κ2) is 8.31. The van der Waals surface area contributed by atoms with Gasteiger partial charge in [0.15, 0.2) is 0 Å². The monoisotopic (exact) mass is 512 g/mol. The molecule has 7 rings (SSSR count). The normalized spacial score (nSPS) is 23.1. The fourth-order valence-electron chi connectivity index (χ4n) is 7.51. The first-order chi connectivity index (χ1) is 18.3. The van der Waals surface area contributed by atoms with Gasteiger partial charge in [-0.1, -0.05) is 38.5 Å². The lowest BCUT2D eigenvalue weighted by Gasteiger charge is -2.35. The first-order valence-electron chi connectivity index (χ1n) is 14.7. The standard InChI is InChI=1S/C34H40O4/c1-31(2)23-11-15-27(35-23)33(19-7-5-8-20-33)29-17-13-25(37-29)32(3,4)26-14-18-30(38-26)34(21-9-6-10-22-34)28-16-12-24(31)36-28/h11-18H,5-10,19-22H2,1-4H3. The van der Waals surface area contributed by atoms with E-state index in [2.05, 4.69) is 76.2 Å². The number of furan rings is 4. The van der Waals surface area contributed by atoms with E-state index in [0.29, 0.717) is 0 Å². The van der Waals surface area contributed by atoms with Crippen LogP contribution in [0.2, 0.25) is 0 Å². The third kappa shape index (κ3) is 3.34. The molecule has 0 N–H and O–H groups in total. The Balaban J connectivity index is 1.46. The summed E-state index contributed by atoms with van der Waals surface area (Å²) in [6, 6.07) is 17.4. The van der Waals surface area contributed by atoms with Crippen molar-refractivity contribution in [3.8, 4) is 0 Å². The first kappa shape index (κ1) is 24.2. The summed E-state index contributed by atoms with van der Waals surface area (Å²) in [7, 11) is 0. The van der Waals surface area contributed by atoms with E-state index in [4.69, 9.17) is 17.7 Å². The fourth-order valence-corrected chi connectivity index (χ4v) is 7.51. The highest BCUT2D eigenvalue weighted by atomic mass is 16.4. The molecule has 8 bridgehead atoms. The lowest BCUT2D eigenvalue weighted by molar-refractivity contribution is 0.209. The lowest BCUT2D eigenvalue weighted by atomic mass is 9.70. The molecular formula is C34H40O4. The molecule has 200 valence electrons. The minimum absolute atomic E-state index is 0.243. The Kier molecular flexibility index (Phi) is 5.29. The van der Waals surface area contributed by atoms with Crippen LogP contribution in [-0.4, -0.2) is 0 Å². The van der Waals surface area contributed by atoms with Crippen molar-refractivity contribution in [1.29, 1.82) is 0 Å². The van der Waals surface area contributed by atoms with Crippen molar-refractivity contribution in [2.75, 3.05) is 0 Å². The SMILES string of the molecule is CC1(C)c2ccc(o2)C2(CCCCC2)c2ccc(o2)C(C)(C)c2ccc(o2)C2(CCCCC2)c2ccc1o2. The van der Waals surface area contributed by atoms with Gasteiger partial charge in [0.1, 0.15) is 46.1 Å². The van der Waals surface area contributed by atoms with Gasteiger partial charge in [0.25, 0.3) is 0 Å². The van der Waals surface area contributed by atoms with Crippen molar-refractivity contribution in [2.45, 2.75) is 114 Å². The summed E-state index contributed by atoms with van der Waals surface area (Å²) in [5, 5.41) is 0. The van der Waals surface area contributed by atoms with Gasteiger partial charge in [-0.15, -0.1) is 0 Å². The van der Waals surface area contributed by atoms with Crippen molar-refractivity contribution < 1.29 is 17.7 Å². The zero-order valence-electron chi connectivity index (χ0n) is 23.3. The van der Waals surface area contributed by atoms with Gasteiger partial charge in [-0.05, 0) is 102 Å². The van der Waals surface area contributed by atoms with Gasteiger partial charge >= 0.3 is 0 Å². The maximum Gasteiger partial charge on any atom is 0.117 e. The highest BCUT2D eigenvalue weighted by Crippen LogP contribution is 2.51. The van der Waals surface area contributed by atoms with Gasteiger partial charge in [0.05, 0.1) is 21.7 Å². The third-order valence-corrected chi connectivity index (χ3v) is 10.2. The topological polar surface area (TPSA) is 52.6 Å². The van der Waals surface area contributed by atoms with Gasteiger partial charge in [-0.3, -0.25) is 0 Å². The van der Waals surface area contributed by atoms with Crippen LogP contribution in [0.1, 0.15) is 138 Å². The van der Waals surface area contributed by atoms with Crippen molar-refractivity contribution >= 4 is 0 Å². The van der Waals surface area contributed by atoms with Crippen LogP contribution in [0, 0.1) is 0 Å². The Morgan fingerprint density at radius 2 is 0.605 bits per heavy atom.